The van der Waals surface area contributed by atoms with Crippen LogP contribution in [-0.2, 0) is 17.9 Å². The summed E-state index contributed by atoms with van der Waals surface area (Å²) in [6.07, 6.45) is 3.30. The van der Waals surface area contributed by atoms with Crippen LogP contribution in [0.5, 0.6) is 0 Å². The highest BCUT2D eigenvalue weighted by atomic mass is 79.9. The fourth-order valence-corrected chi connectivity index (χ4v) is 4.12. The summed E-state index contributed by atoms with van der Waals surface area (Å²) in [7, 11) is 0. The monoisotopic (exact) mass is 480 g/mol. The van der Waals surface area contributed by atoms with E-state index in [4.69, 9.17) is 0 Å². The molecule has 0 aliphatic carbocycles. The SMILES string of the molecule is O=C(NCc1cccnc1)Nc1ccc(N[S+]([O-])c2c(F)cc(F)cc2Br)cc1. The number of hydrogen-bond acceptors (Lipinski definition) is 4. The van der Waals surface area contributed by atoms with E-state index in [1.807, 2.05) is 6.07 Å². The van der Waals surface area contributed by atoms with Gasteiger partial charge in [-0.3, -0.25) is 4.98 Å². The quantitative estimate of drug-likeness (QED) is 0.450. The van der Waals surface area contributed by atoms with Crippen molar-refractivity contribution in [3.05, 3.63) is 82.6 Å². The molecule has 10 heteroatoms. The van der Waals surface area contributed by atoms with E-state index in [2.05, 4.69) is 36.3 Å². The van der Waals surface area contributed by atoms with Gasteiger partial charge in [-0.15, -0.1) is 0 Å². The van der Waals surface area contributed by atoms with E-state index in [0.29, 0.717) is 24.0 Å². The molecule has 0 aliphatic heterocycles. The van der Waals surface area contributed by atoms with Crippen molar-refractivity contribution in [2.24, 2.45) is 0 Å². The van der Waals surface area contributed by atoms with Gasteiger partial charge in [0.2, 0.25) is 4.90 Å². The minimum Gasteiger partial charge on any atom is -0.588 e. The van der Waals surface area contributed by atoms with E-state index >= 15 is 0 Å². The Balaban J connectivity index is 1.56. The molecule has 1 atom stereocenters. The molecule has 1 heterocycles. The fraction of sp³-hybridized carbons (Fsp3) is 0.0526. The lowest BCUT2D eigenvalue weighted by molar-refractivity contribution is 0.251. The molecular weight excluding hydrogens is 466 g/mol. The zero-order chi connectivity index (χ0) is 20.8. The third-order valence-corrected chi connectivity index (χ3v) is 5.77. The first kappa shape index (κ1) is 21.0. The van der Waals surface area contributed by atoms with E-state index in [9.17, 15) is 18.1 Å². The van der Waals surface area contributed by atoms with Gasteiger partial charge in [-0.1, -0.05) is 6.07 Å². The number of pyridine rings is 1. The van der Waals surface area contributed by atoms with Gasteiger partial charge in [0.05, 0.1) is 10.2 Å². The molecule has 1 aromatic heterocycles. The van der Waals surface area contributed by atoms with E-state index in [1.165, 1.54) is 0 Å². The number of hydrogen-bond donors (Lipinski definition) is 3. The Kier molecular flexibility index (Phi) is 7.02. The molecule has 1 unspecified atom stereocenters. The largest absolute Gasteiger partial charge is 0.588 e. The van der Waals surface area contributed by atoms with E-state index in [0.717, 1.165) is 11.6 Å². The van der Waals surface area contributed by atoms with Crippen LogP contribution in [0.25, 0.3) is 0 Å². The Labute approximate surface area is 177 Å². The molecule has 0 aliphatic rings. The van der Waals surface area contributed by atoms with Crippen LogP contribution in [0.2, 0.25) is 0 Å². The lowest BCUT2D eigenvalue weighted by Gasteiger charge is -2.14. The average Bonchev–Trinajstić information content (AvgIpc) is 2.68. The highest BCUT2D eigenvalue weighted by Gasteiger charge is 2.23. The first-order valence-corrected chi connectivity index (χ1v) is 10.2. The number of rotatable bonds is 6. The molecule has 0 spiro atoms. The number of amides is 2. The van der Waals surface area contributed by atoms with Gasteiger partial charge in [-0.2, -0.15) is 0 Å². The lowest BCUT2D eigenvalue weighted by Crippen LogP contribution is -2.28. The van der Waals surface area contributed by atoms with Crippen LogP contribution in [0.15, 0.2) is 70.3 Å². The van der Waals surface area contributed by atoms with Crippen LogP contribution < -0.4 is 15.4 Å². The number of nitrogens with zero attached hydrogens (tertiary/aromatic N) is 1. The summed E-state index contributed by atoms with van der Waals surface area (Å²) in [6.45, 7) is 0.330. The number of halogens is 3. The third-order valence-electron chi connectivity index (χ3n) is 3.68. The summed E-state index contributed by atoms with van der Waals surface area (Å²) in [5.74, 6) is -1.70. The summed E-state index contributed by atoms with van der Waals surface area (Å²) in [5, 5.41) is 5.37. The predicted molar refractivity (Wildman–Crippen MR) is 111 cm³/mol. The number of benzene rings is 2. The van der Waals surface area contributed by atoms with Crippen molar-refractivity contribution < 1.29 is 18.1 Å². The fourth-order valence-electron chi connectivity index (χ4n) is 2.35. The maximum Gasteiger partial charge on any atom is 0.319 e. The summed E-state index contributed by atoms with van der Waals surface area (Å²) in [4.78, 5) is 15.7. The number of carbonyl (C=O) groups is 1. The van der Waals surface area contributed by atoms with Gasteiger partial charge in [-0.25, -0.2) is 18.3 Å². The van der Waals surface area contributed by atoms with Crippen molar-refractivity contribution in [2.75, 3.05) is 10.0 Å². The summed E-state index contributed by atoms with van der Waals surface area (Å²) < 4.78 is 42.1. The Morgan fingerprint density at radius 3 is 2.52 bits per heavy atom. The van der Waals surface area contributed by atoms with Gasteiger partial charge in [0.15, 0.2) is 5.82 Å². The van der Waals surface area contributed by atoms with Gasteiger partial charge in [0.25, 0.3) is 0 Å². The highest BCUT2D eigenvalue weighted by Crippen LogP contribution is 2.28. The molecule has 6 nitrogen and oxygen atoms in total. The van der Waals surface area contributed by atoms with Crippen LogP contribution in [0.3, 0.4) is 0 Å². The zero-order valence-electron chi connectivity index (χ0n) is 14.8. The first-order chi connectivity index (χ1) is 13.9. The second-order valence-electron chi connectivity index (χ2n) is 5.82. The van der Waals surface area contributed by atoms with Crippen molar-refractivity contribution in [3.63, 3.8) is 0 Å². The summed E-state index contributed by atoms with van der Waals surface area (Å²) in [6, 6.07) is 11.3. The predicted octanol–water partition coefficient (Wildman–Crippen LogP) is 4.58. The van der Waals surface area contributed by atoms with Crippen LogP contribution in [0, 0.1) is 11.6 Å². The summed E-state index contributed by atoms with van der Waals surface area (Å²) in [5.41, 5.74) is 1.81. The minimum atomic E-state index is -1.95. The third kappa shape index (κ3) is 5.89. The Bertz CT molecular complexity index is 970. The molecule has 3 aromatic rings. The van der Waals surface area contributed by atoms with Gasteiger partial charge in [-0.05, 0) is 57.9 Å². The maximum atomic E-state index is 13.9. The minimum absolute atomic E-state index is 0.0596. The molecule has 2 aromatic carbocycles. The van der Waals surface area contributed by atoms with Gasteiger partial charge in [0, 0.05) is 30.7 Å². The molecule has 3 rings (SSSR count). The zero-order valence-corrected chi connectivity index (χ0v) is 17.2. The molecule has 0 saturated carbocycles. The molecule has 3 N–H and O–H groups in total. The van der Waals surface area contributed by atoms with Crippen molar-refractivity contribution in [2.45, 2.75) is 11.4 Å². The number of aromatic nitrogens is 1. The molecular formula is C19H15BrF2N4O2S. The molecule has 0 saturated heterocycles. The first-order valence-electron chi connectivity index (χ1n) is 8.29. The number of nitrogens with one attached hydrogen (secondary N) is 3. The number of carbonyl (C=O) groups excluding carboxylic acids is 1. The van der Waals surface area contributed by atoms with Crippen LogP contribution >= 0.6 is 15.9 Å². The lowest BCUT2D eigenvalue weighted by atomic mass is 10.3. The standard InChI is InChI=1S/C19H15BrF2N4O2S/c20-16-8-13(21)9-17(22)18(16)29(28)26-15-5-3-14(4-6-15)25-19(27)24-11-12-2-1-7-23-10-12/h1-10,26H,11H2,(H2,24,25,27). The van der Waals surface area contributed by atoms with Crippen molar-refractivity contribution in [1.29, 1.82) is 0 Å². The van der Waals surface area contributed by atoms with Gasteiger partial charge < -0.3 is 15.2 Å². The Hall–Kier alpha value is -2.69. The second kappa shape index (κ2) is 9.68. The molecule has 0 fully saturated rings. The second-order valence-corrected chi connectivity index (χ2v) is 7.82. The van der Waals surface area contributed by atoms with E-state index in [1.54, 1.807) is 42.7 Å². The molecule has 29 heavy (non-hydrogen) atoms. The average molecular weight is 481 g/mol. The van der Waals surface area contributed by atoms with Crippen molar-refractivity contribution in [1.82, 2.24) is 10.3 Å². The number of anilines is 2. The smallest absolute Gasteiger partial charge is 0.319 e. The molecule has 0 radical (unpaired) electrons. The van der Waals surface area contributed by atoms with Crippen LogP contribution in [0.1, 0.15) is 5.56 Å². The molecule has 0 bridgehead atoms. The Morgan fingerprint density at radius 2 is 1.86 bits per heavy atom. The summed E-state index contributed by atoms with van der Waals surface area (Å²) >= 11 is 1.06. The van der Waals surface area contributed by atoms with Gasteiger partial charge in [0.1, 0.15) is 17.2 Å². The topological polar surface area (TPSA) is 89.1 Å². The van der Waals surface area contributed by atoms with E-state index in [-0.39, 0.29) is 9.37 Å². The van der Waals surface area contributed by atoms with Crippen molar-refractivity contribution >= 4 is 44.7 Å². The van der Waals surface area contributed by atoms with Gasteiger partial charge >= 0.3 is 6.03 Å². The number of urea groups is 1. The Morgan fingerprint density at radius 1 is 1.14 bits per heavy atom. The normalized spacial score (nSPS) is 11.6. The molecule has 2 amide bonds. The van der Waals surface area contributed by atoms with Crippen LogP contribution in [-0.4, -0.2) is 15.6 Å². The molecule has 150 valence electrons. The maximum absolute atomic E-state index is 13.9. The van der Waals surface area contributed by atoms with Crippen molar-refractivity contribution in [3.8, 4) is 0 Å². The van der Waals surface area contributed by atoms with E-state index < -0.39 is 29.0 Å². The highest BCUT2D eigenvalue weighted by molar-refractivity contribution is 9.10. The van der Waals surface area contributed by atoms with Crippen LogP contribution in [0.4, 0.5) is 25.0 Å².